The lowest BCUT2D eigenvalue weighted by Crippen LogP contribution is -2.29. The Balaban J connectivity index is 2.93. The number of likely N-dealkylation sites (N-methyl/N-ethyl adjacent to an activating group) is 1. The van der Waals surface area contributed by atoms with Crippen LogP contribution in [0.15, 0.2) is 24.3 Å². The number of ether oxygens (including phenoxy) is 2. The van der Waals surface area contributed by atoms with Crippen molar-refractivity contribution in [3.8, 4) is 5.75 Å². The van der Waals surface area contributed by atoms with E-state index in [2.05, 4.69) is 25.2 Å². The second-order valence-electron chi connectivity index (χ2n) is 4.09. The van der Waals surface area contributed by atoms with Gasteiger partial charge in [-0.25, -0.2) is 0 Å². The van der Waals surface area contributed by atoms with Crippen molar-refractivity contribution in [2.75, 3.05) is 20.8 Å². The predicted octanol–water partition coefficient (Wildman–Crippen LogP) is 2.77. The van der Waals surface area contributed by atoms with Crippen LogP contribution in [0.3, 0.4) is 0 Å². The fourth-order valence-electron chi connectivity index (χ4n) is 1.86. The zero-order valence-corrected chi connectivity index (χ0v) is 11.2. The van der Waals surface area contributed by atoms with Gasteiger partial charge in [0.2, 0.25) is 0 Å². The minimum absolute atomic E-state index is 0.103. The topological polar surface area (TPSA) is 30.5 Å². The van der Waals surface area contributed by atoms with Crippen LogP contribution in [-0.2, 0) is 4.74 Å². The van der Waals surface area contributed by atoms with Crippen LogP contribution in [0.2, 0.25) is 0 Å². The van der Waals surface area contributed by atoms with Crippen molar-refractivity contribution < 1.29 is 9.47 Å². The van der Waals surface area contributed by atoms with Gasteiger partial charge >= 0.3 is 0 Å². The summed E-state index contributed by atoms with van der Waals surface area (Å²) in [5.41, 5.74) is 1.15. The molecule has 0 spiro atoms. The summed E-state index contributed by atoms with van der Waals surface area (Å²) < 4.78 is 11.2. The van der Waals surface area contributed by atoms with E-state index >= 15 is 0 Å². The van der Waals surface area contributed by atoms with Crippen molar-refractivity contribution in [3.63, 3.8) is 0 Å². The molecule has 1 rings (SSSR count). The Morgan fingerprint density at radius 2 is 2.00 bits per heavy atom. The average Bonchev–Trinajstić information content (AvgIpc) is 2.38. The van der Waals surface area contributed by atoms with Gasteiger partial charge in [0, 0.05) is 12.7 Å². The first-order valence-electron chi connectivity index (χ1n) is 6.16. The van der Waals surface area contributed by atoms with Gasteiger partial charge in [0.1, 0.15) is 5.75 Å². The van der Waals surface area contributed by atoms with Crippen LogP contribution in [0.1, 0.15) is 31.9 Å². The van der Waals surface area contributed by atoms with Gasteiger partial charge in [-0.15, -0.1) is 0 Å². The molecule has 0 aromatic heterocycles. The third-order valence-electron chi connectivity index (χ3n) is 2.87. The normalized spacial score (nSPS) is 14.4. The molecule has 0 radical (unpaired) electrons. The highest BCUT2D eigenvalue weighted by Crippen LogP contribution is 2.28. The molecule has 0 amide bonds. The molecule has 0 bridgehead atoms. The van der Waals surface area contributed by atoms with Crippen molar-refractivity contribution in [2.45, 2.75) is 32.4 Å². The van der Waals surface area contributed by atoms with Gasteiger partial charge in [-0.05, 0) is 26.5 Å². The average molecular weight is 237 g/mol. The molecule has 17 heavy (non-hydrogen) atoms. The van der Waals surface area contributed by atoms with Gasteiger partial charge in [0.05, 0.1) is 18.8 Å². The molecule has 1 aromatic rings. The number of methoxy groups -OCH3 is 1. The first kappa shape index (κ1) is 14.0. The zero-order chi connectivity index (χ0) is 12.7. The van der Waals surface area contributed by atoms with Crippen LogP contribution < -0.4 is 10.1 Å². The van der Waals surface area contributed by atoms with Crippen molar-refractivity contribution in [1.82, 2.24) is 5.32 Å². The summed E-state index contributed by atoms with van der Waals surface area (Å²) in [6.45, 7) is 4.91. The molecule has 0 saturated heterocycles. The highest BCUT2D eigenvalue weighted by molar-refractivity contribution is 5.36. The lowest BCUT2D eigenvalue weighted by molar-refractivity contribution is 0.0845. The Hall–Kier alpha value is -1.06. The molecule has 1 N–H and O–H groups in total. The molecular weight excluding hydrogens is 214 g/mol. The molecule has 3 heteroatoms. The van der Waals surface area contributed by atoms with Gasteiger partial charge < -0.3 is 14.8 Å². The van der Waals surface area contributed by atoms with E-state index in [9.17, 15) is 0 Å². The van der Waals surface area contributed by atoms with Gasteiger partial charge in [-0.2, -0.15) is 0 Å². The number of para-hydroxylation sites is 1. The first-order valence-corrected chi connectivity index (χ1v) is 6.16. The molecule has 0 aliphatic heterocycles. The molecule has 2 atom stereocenters. The van der Waals surface area contributed by atoms with Crippen LogP contribution in [0, 0.1) is 0 Å². The quantitative estimate of drug-likeness (QED) is 0.791. The summed E-state index contributed by atoms with van der Waals surface area (Å²) in [5.74, 6) is 0.942. The van der Waals surface area contributed by atoms with E-state index in [1.54, 1.807) is 7.11 Å². The van der Waals surface area contributed by atoms with Crippen LogP contribution in [0.5, 0.6) is 5.75 Å². The summed E-state index contributed by atoms with van der Waals surface area (Å²) in [5, 5.41) is 3.28. The maximum Gasteiger partial charge on any atom is 0.124 e. The largest absolute Gasteiger partial charge is 0.493 e. The summed E-state index contributed by atoms with van der Waals surface area (Å²) in [4.78, 5) is 0. The molecule has 0 aliphatic rings. The monoisotopic (exact) mass is 237 g/mol. The minimum Gasteiger partial charge on any atom is -0.493 e. The highest BCUT2D eigenvalue weighted by Gasteiger charge is 2.20. The van der Waals surface area contributed by atoms with Gasteiger partial charge in [-0.1, -0.05) is 25.1 Å². The van der Waals surface area contributed by atoms with Gasteiger partial charge in [-0.3, -0.25) is 0 Å². The van der Waals surface area contributed by atoms with Crippen molar-refractivity contribution in [2.24, 2.45) is 0 Å². The lowest BCUT2D eigenvalue weighted by atomic mass is 10.0. The molecule has 0 heterocycles. The van der Waals surface area contributed by atoms with E-state index in [-0.39, 0.29) is 12.1 Å². The molecule has 0 saturated carbocycles. The summed E-state index contributed by atoms with van der Waals surface area (Å²) in [7, 11) is 3.67. The van der Waals surface area contributed by atoms with Gasteiger partial charge in [0.25, 0.3) is 0 Å². The Bertz CT molecular complexity index is 328. The van der Waals surface area contributed by atoms with Crippen LogP contribution in [0.4, 0.5) is 0 Å². The number of hydrogen-bond acceptors (Lipinski definition) is 3. The predicted molar refractivity (Wildman–Crippen MR) is 70.5 cm³/mol. The van der Waals surface area contributed by atoms with Crippen LogP contribution >= 0.6 is 0 Å². The molecule has 0 aliphatic carbocycles. The van der Waals surface area contributed by atoms with Crippen LogP contribution in [-0.4, -0.2) is 26.9 Å². The zero-order valence-electron chi connectivity index (χ0n) is 11.2. The summed E-state index contributed by atoms with van der Waals surface area (Å²) >= 11 is 0. The van der Waals surface area contributed by atoms with Crippen LogP contribution in [0.25, 0.3) is 0 Å². The lowest BCUT2D eigenvalue weighted by Gasteiger charge is -2.24. The second-order valence-corrected chi connectivity index (χ2v) is 4.09. The molecule has 2 unspecified atom stereocenters. The summed E-state index contributed by atoms with van der Waals surface area (Å²) in [6, 6.07) is 8.27. The SMILES string of the molecule is CCCOc1ccccc1C(NC)C(C)OC. The molecular formula is C14H23NO2. The molecule has 96 valence electrons. The van der Waals surface area contributed by atoms with Gasteiger partial charge in [0.15, 0.2) is 0 Å². The molecule has 1 aromatic carbocycles. The molecule has 3 nitrogen and oxygen atoms in total. The van der Waals surface area contributed by atoms with E-state index in [1.807, 2.05) is 25.2 Å². The van der Waals surface area contributed by atoms with E-state index in [1.165, 1.54) is 0 Å². The maximum atomic E-state index is 5.77. The third-order valence-corrected chi connectivity index (χ3v) is 2.87. The second kappa shape index (κ2) is 7.30. The smallest absolute Gasteiger partial charge is 0.124 e. The van der Waals surface area contributed by atoms with E-state index in [0.29, 0.717) is 0 Å². The third kappa shape index (κ3) is 3.72. The number of rotatable bonds is 7. The Morgan fingerprint density at radius 3 is 2.59 bits per heavy atom. The number of nitrogens with one attached hydrogen (secondary N) is 1. The highest BCUT2D eigenvalue weighted by atomic mass is 16.5. The summed E-state index contributed by atoms with van der Waals surface area (Å²) in [6.07, 6.45) is 1.12. The minimum atomic E-state index is 0.103. The van der Waals surface area contributed by atoms with E-state index in [0.717, 1.165) is 24.3 Å². The Kier molecular flexibility index (Phi) is 6.01. The molecule has 0 fully saturated rings. The number of benzene rings is 1. The Morgan fingerprint density at radius 1 is 1.29 bits per heavy atom. The fraction of sp³-hybridized carbons (Fsp3) is 0.571. The van der Waals surface area contributed by atoms with E-state index in [4.69, 9.17) is 9.47 Å². The maximum absolute atomic E-state index is 5.77. The number of hydrogen-bond donors (Lipinski definition) is 1. The van der Waals surface area contributed by atoms with Crippen molar-refractivity contribution in [3.05, 3.63) is 29.8 Å². The first-order chi connectivity index (χ1) is 8.24. The van der Waals surface area contributed by atoms with E-state index < -0.39 is 0 Å². The van der Waals surface area contributed by atoms with Crippen molar-refractivity contribution in [1.29, 1.82) is 0 Å². The van der Waals surface area contributed by atoms with Crippen molar-refractivity contribution >= 4 is 0 Å². The Labute approximate surface area is 104 Å². The standard InChI is InChI=1S/C14H23NO2/c1-5-10-17-13-9-7-6-8-12(13)14(15-3)11(2)16-4/h6-9,11,14-15H,5,10H2,1-4H3. The fourth-order valence-corrected chi connectivity index (χ4v) is 1.86.